The van der Waals surface area contributed by atoms with Crippen molar-refractivity contribution < 1.29 is 4.79 Å². The number of amides is 1. The number of hydrogen-bond acceptors (Lipinski definition) is 2. The van der Waals surface area contributed by atoms with Crippen LogP contribution < -0.4 is 10.6 Å². The molecule has 0 atom stereocenters. The van der Waals surface area contributed by atoms with E-state index in [2.05, 4.69) is 17.6 Å². The summed E-state index contributed by atoms with van der Waals surface area (Å²) in [5.41, 5.74) is 0.0348. The van der Waals surface area contributed by atoms with E-state index < -0.39 is 0 Å². The Morgan fingerprint density at radius 1 is 1.16 bits per heavy atom. The van der Waals surface area contributed by atoms with E-state index in [4.69, 9.17) is 0 Å². The average Bonchev–Trinajstić information content (AvgIpc) is 2.57. The fourth-order valence-electron chi connectivity index (χ4n) is 3.32. The van der Waals surface area contributed by atoms with Gasteiger partial charge >= 0.3 is 0 Å². The molecule has 0 aromatic rings. The van der Waals surface area contributed by atoms with Gasteiger partial charge < -0.3 is 10.6 Å². The Hall–Kier alpha value is -0.280. The molecule has 19 heavy (non-hydrogen) atoms. The van der Waals surface area contributed by atoms with E-state index in [9.17, 15) is 4.79 Å². The molecule has 0 unspecified atom stereocenters. The molecular weight excluding hydrogens is 260 g/mol. The minimum Gasteiger partial charge on any atom is -0.351 e. The summed E-state index contributed by atoms with van der Waals surface area (Å²) >= 11 is 0. The SMILES string of the molecule is CC1(NC(=O)CC2CCCCCC2)CCNCC1.Cl. The van der Waals surface area contributed by atoms with Gasteiger partial charge in [-0.2, -0.15) is 0 Å². The highest BCUT2D eigenvalue weighted by molar-refractivity contribution is 5.85. The number of nitrogens with one attached hydrogen (secondary N) is 2. The van der Waals surface area contributed by atoms with Crippen LogP contribution in [-0.4, -0.2) is 24.5 Å². The molecule has 0 aromatic heterocycles. The molecule has 1 amide bonds. The first-order chi connectivity index (χ1) is 8.68. The quantitative estimate of drug-likeness (QED) is 0.784. The fourth-order valence-corrected chi connectivity index (χ4v) is 3.32. The lowest BCUT2D eigenvalue weighted by Gasteiger charge is -2.35. The Labute approximate surface area is 123 Å². The second kappa shape index (κ2) is 8.11. The molecule has 2 rings (SSSR count). The smallest absolute Gasteiger partial charge is 0.220 e. The van der Waals surface area contributed by atoms with Gasteiger partial charge in [-0.25, -0.2) is 0 Å². The molecular formula is C15H29ClN2O. The third-order valence-electron chi connectivity index (χ3n) is 4.60. The second-order valence-electron chi connectivity index (χ2n) is 6.42. The van der Waals surface area contributed by atoms with E-state index in [1.54, 1.807) is 0 Å². The molecule has 1 saturated carbocycles. The Balaban J connectivity index is 0.00000180. The van der Waals surface area contributed by atoms with Crippen LogP contribution in [0.15, 0.2) is 0 Å². The molecule has 0 spiro atoms. The van der Waals surface area contributed by atoms with Gasteiger partial charge in [0.25, 0.3) is 0 Å². The highest BCUT2D eigenvalue weighted by Crippen LogP contribution is 2.26. The summed E-state index contributed by atoms with van der Waals surface area (Å²) in [6, 6.07) is 0. The van der Waals surface area contributed by atoms with Crippen molar-refractivity contribution in [3.8, 4) is 0 Å². The molecule has 112 valence electrons. The monoisotopic (exact) mass is 288 g/mol. The van der Waals surface area contributed by atoms with Crippen LogP contribution in [0.2, 0.25) is 0 Å². The van der Waals surface area contributed by atoms with Crippen LogP contribution in [0.3, 0.4) is 0 Å². The molecule has 2 N–H and O–H groups in total. The Morgan fingerprint density at radius 3 is 2.32 bits per heavy atom. The Bertz CT molecular complexity index is 269. The van der Waals surface area contributed by atoms with Gasteiger partial charge in [0.2, 0.25) is 5.91 Å². The van der Waals surface area contributed by atoms with Crippen molar-refractivity contribution >= 4 is 18.3 Å². The van der Waals surface area contributed by atoms with Gasteiger partial charge in [-0.1, -0.05) is 25.7 Å². The van der Waals surface area contributed by atoms with Crippen LogP contribution in [0, 0.1) is 5.92 Å². The van der Waals surface area contributed by atoms with Crippen molar-refractivity contribution in [1.29, 1.82) is 0 Å². The number of carbonyl (C=O) groups excluding carboxylic acids is 1. The lowest BCUT2D eigenvalue weighted by molar-refractivity contribution is -0.124. The van der Waals surface area contributed by atoms with E-state index in [1.165, 1.54) is 38.5 Å². The number of halogens is 1. The summed E-state index contributed by atoms with van der Waals surface area (Å²) in [6.45, 7) is 4.25. The molecule has 3 nitrogen and oxygen atoms in total. The molecule has 2 aliphatic rings. The predicted octanol–water partition coefficient (Wildman–Crippen LogP) is 3.03. The molecule has 1 saturated heterocycles. The second-order valence-corrected chi connectivity index (χ2v) is 6.42. The van der Waals surface area contributed by atoms with Crippen molar-refractivity contribution in [1.82, 2.24) is 10.6 Å². The predicted molar refractivity (Wildman–Crippen MR) is 81.7 cm³/mol. The normalized spacial score (nSPS) is 24.1. The van der Waals surface area contributed by atoms with Crippen molar-refractivity contribution in [3.05, 3.63) is 0 Å². The van der Waals surface area contributed by atoms with Crippen molar-refractivity contribution in [3.63, 3.8) is 0 Å². The van der Waals surface area contributed by atoms with Gasteiger partial charge in [0, 0.05) is 12.0 Å². The first-order valence-electron chi connectivity index (χ1n) is 7.70. The summed E-state index contributed by atoms with van der Waals surface area (Å²) in [6.07, 6.45) is 10.7. The Morgan fingerprint density at radius 2 is 1.74 bits per heavy atom. The van der Waals surface area contributed by atoms with Gasteiger partial charge in [-0.05, 0) is 51.6 Å². The molecule has 0 bridgehead atoms. The maximum absolute atomic E-state index is 12.2. The minimum atomic E-state index is 0. The van der Waals surface area contributed by atoms with Crippen LogP contribution >= 0.6 is 12.4 Å². The lowest BCUT2D eigenvalue weighted by Crippen LogP contribution is -2.52. The average molecular weight is 289 g/mol. The van der Waals surface area contributed by atoms with Gasteiger partial charge in [-0.3, -0.25) is 4.79 Å². The third kappa shape index (κ3) is 5.70. The summed E-state index contributed by atoms with van der Waals surface area (Å²) in [5, 5.41) is 6.64. The van der Waals surface area contributed by atoms with Gasteiger partial charge in [0.15, 0.2) is 0 Å². The van der Waals surface area contributed by atoms with E-state index >= 15 is 0 Å². The number of piperidine rings is 1. The fraction of sp³-hybridized carbons (Fsp3) is 0.933. The molecule has 0 aromatic carbocycles. The maximum Gasteiger partial charge on any atom is 0.220 e. The van der Waals surface area contributed by atoms with Crippen LogP contribution in [0.1, 0.15) is 64.7 Å². The van der Waals surface area contributed by atoms with Crippen LogP contribution in [-0.2, 0) is 4.79 Å². The minimum absolute atomic E-state index is 0. The van der Waals surface area contributed by atoms with Crippen LogP contribution in [0.5, 0.6) is 0 Å². The zero-order valence-corrected chi connectivity index (χ0v) is 13.0. The Kier molecular flexibility index (Phi) is 7.16. The zero-order chi connectivity index (χ0) is 12.8. The van der Waals surface area contributed by atoms with E-state index in [-0.39, 0.29) is 23.9 Å². The van der Waals surface area contributed by atoms with Gasteiger partial charge in [0.1, 0.15) is 0 Å². The van der Waals surface area contributed by atoms with E-state index in [0.29, 0.717) is 5.92 Å². The number of carbonyl (C=O) groups is 1. The highest BCUT2D eigenvalue weighted by Gasteiger charge is 2.29. The topological polar surface area (TPSA) is 41.1 Å². The largest absolute Gasteiger partial charge is 0.351 e. The summed E-state index contributed by atoms with van der Waals surface area (Å²) in [4.78, 5) is 12.2. The van der Waals surface area contributed by atoms with Crippen molar-refractivity contribution in [2.45, 2.75) is 70.3 Å². The first-order valence-corrected chi connectivity index (χ1v) is 7.70. The van der Waals surface area contributed by atoms with Crippen LogP contribution in [0.4, 0.5) is 0 Å². The van der Waals surface area contributed by atoms with E-state index in [1.807, 2.05) is 0 Å². The summed E-state index contributed by atoms with van der Waals surface area (Å²) in [5.74, 6) is 0.920. The third-order valence-corrected chi connectivity index (χ3v) is 4.60. The molecule has 1 heterocycles. The molecule has 1 aliphatic carbocycles. The zero-order valence-electron chi connectivity index (χ0n) is 12.2. The highest BCUT2D eigenvalue weighted by atomic mass is 35.5. The molecule has 4 heteroatoms. The van der Waals surface area contributed by atoms with E-state index in [0.717, 1.165) is 32.4 Å². The lowest BCUT2D eigenvalue weighted by atomic mass is 9.89. The summed E-state index contributed by atoms with van der Waals surface area (Å²) in [7, 11) is 0. The standard InChI is InChI=1S/C15H28N2O.ClH/c1-15(8-10-16-11-9-15)17-14(18)12-13-6-4-2-3-5-7-13;/h13,16H,2-12H2,1H3,(H,17,18);1H. The number of hydrogen-bond donors (Lipinski definition) is 2. The molecule has 2 fully saturated rings. The number of rotatable bonds is 3. The maximum atomic E-state index is 12.2. The summed E-state index contributed by atoms with van der Waals surface area (Å²) < 4.78 is 0. The molecule has 0 radical (unpaired) electrons. The van der Waals surface area contributed by atoms with Gasteiger partial charge in [0.05, 0.1) is 0 Å². The van der Waals surface area contributed by atoms with Crippen molar-refractivity contribution in [2.75, 3.05) is 13.1 Å². The van der Waals surface area contributed by atoms with Crippen LogP contribution in [0.25, 0.3) is 0 Å². The molecule has 1 aliphatic heterocycles. The first kappa shape index (κ1) is 16.8. The van der Waals surface area contributed by atoms with Gasteiger partial charge in [-0.15, -0.1) is 12.4 Å². The van der Waals surface area contributed by atoms with Crippen molar-refractivity contribution in [2.24, 2.45) is 5.92 Å².